The number of carbonyl (C=O) groups excluding carboxylic acids is 1. The highest BCUT2D eigenvalue weighted by atomic mass is 16.4. The van der Waals surface area contributed by atoms with Crippen molar-refractivity contribution in [2.75, 3.05) is 6.54 Å². The van der Waals surface area contributed by atoms with Crippen molar-refractivity contribution >= 4 is 11.9 Å². The van der Waals surface area contributed by atoms with Gasteiger partial charge in [0.25, 0.3) is 0 Å². The van der Waals surface area contributed by atoms with Crippen LogP contribution in [0.25, 0.3) is 0 Å². The summed E-state index contributed by atoms with van der Waals surface area (Å²) in [6, 6.07) is -0.0255. The van der Waals surface area contributed by atoms with Gasteiger partial charge in [-0.2, -0.15) is 0 Å². The lowest BCUT2D eigenvalue weighted by Crippen LogP contribution is -2.39. The van der Waals surface area contributed by atoms with Crippen molar-refractivity contribution in [2.45, 2.75) is 38.1 Å². The molecule has 4 heteroatoms. The number of amides is 1. The average Bonchev–Trinajstić information content (AvgIpc) is 2.38. The van der Waals surface area contributed by atoms with Crippen LogP contribution in [0.5, 0.6) is 0 Å². The molecule has 0 aliphatic carbocycles. The summed E-state index contributed by atoms with van der Waals surface area (Å²) in [5.74, 6) is -0.927. The SMILES string of the molecule is O=C(O)[C@H]1CCCCN2C(=O)CC[C@@H]12. The van der Waals surface area contributed by atoms with Crippen molar-refractivity contribution in [3.05, 3.63) is 0 Å². The maximum atomic E-state index is 11.5. The molecule has 0 radical (unpaired) electrons. The zero-order valence-corrected chi connectivity index (χ0v) is 8.11. The summed E-state index contributed by atoms with van der Waals surface area (Å²) in [7, 11) is 0. The van der Waals surface area contributed by atoms with Gasteiger partial charge in [0.05, 0.1) is 5.92 Å². The van der Waals surface area contributed by atoms with Gasteiger partial charge in [-0.05, 0) is 19.3 Å². The second kappa shape index (κ2) is 3.59. The van der Waals surface area contributed by atoms with E-state index in [0.29, 0.717) is 6.42 Å². The summed E-state index contributed by atoms with van der Waals surface area (Å²) in [5.41, 5.74) is 0. The fourth-order valence-corrected chi connectivity index (χ4v) is 2.59. The highest BCUT2D eigenvalue weighted by Crippen LogP contribution is 2.31. The van der Waals surface area contributed by atoms with Gasteiger partial charge in [0, 0.05) is 19.0 Å². The number of nitrogens with zero attached hydrogens (tertiary/aromatic N) is 1. The number of carboxylic acids is 1. The quantitative estimate of drug-likeness (QED) is 0.678. The van der Waals surface area contributed by atoms with Crippen LogP contribution in [-0.4, -0.2) is 34.5 Å². The van der Waals surface area contributed by atoms with Crippen LogP contribution in [0, 0.1) is 5.92 Å². The average molecular weight is 197 g/mol. The molecule has 78 valence electrons. The van der Waals surface area contributed by atoms with E-state index in [-0.39, 0.29) is 17.9 Å². The standard InChI is InChI=1S/C10H15NO3/c12-9-5-4-8-7(10(13)14)3-1-2-6-11(8)9/h7-8H,1-6H2,(H,13,14)/t7-,8-/m0/s1. The van der Waals surface area contributed by atoms with Gasteiger partial charge in [0.1, 0.15) is 0 Å². The second-order valence-corrected chi connectivity index (χ2v) is 4.13. The summed E-state index contributed by atoms with van der Waals surface area (Å²) in [6.45, 7) is 0.757. The van der Waals surface area contributed by atoms with Crippen LogP contribution in [0.15, 0.2) is 0 Å². The molecule has 0 unspecified atom stereocenters. The molecule has 0 aromatic carbocycles. The van der Waals surface area contributed by atoms with Gasteiger partial charge in [0.2, 0.25) is 5.91 Å². The van der Waals surface area contributed by atoms with Gasteiger partial charge in [0.15, 0.2) is 0 Å². The minimum atomic E-state index is -0.739. The molecule has 0 bridgehead atoms. The normalized spacial score (nSPS) is 32.6. The van der Waals surface area contributed by atoms with E-state index in [4.69, 9.17) is 5.11 Å². The molecule has 2 aliphatic rings. The smallest absolute Gasteiger partial charge is 0.308 e. The summed E-state index contributed by atoms with van der Waals surface area (Å²) in [4.78, 5) is 24.3. The fourth-order valence-electron chi connectivity index (χ4n) is 2.59. The van der Waals surface area contributed by atoms with Gasteiger partial charge in [-0.1, -0.05) is 6.42 Å². The van der Waals surface area contributed by atoms with Crippen LogP contribution < -0.4 is 0 Å². The summed E-state index contributed by atoms with van der Waals surface area (Å²) in [6.07, 6.45) is 3.87. The lowest BCUT2D eigenvalue weighted by atomic mass is 9.94. The van der Waals surface area contributed by atoms with E-state index in [1.165, 1.54) is 0 Å². The second-order valence-electron chi connectivity index (χ2n) is 4.13. The third kappa shape index (κ3) is 1.49. The number of carboxylic acid groups (broad SMARTS) is 1. The first-order valence-electron chi connectivity index (χ1n) is 5.22. The zero-order valence-electron chi connectivity index (χ0n) is 8.11. The van der Waals surface area contributed by atoms with Crippen molar-refractivity contribution < 1.29 is 14.7 Å². The summed E-state index contributed by atoms with van der Waals surface area (Å²) in [5, 5.41) is 9.06. The highest BCUT2D eigenvalue weighted by molar-refractivity contribution is 5.81. The molecule has 2 rings (SSSR count). The van der Waals surface area contributed by atoms with Gasteiger partial charge in [-0.15, -0.1) is 0 Å². The minimum Gasteiger partial charge on any atom is -0.481 e. The van der Waals surface area contributed by atoms with Crippen molar-refractivity contribution in [3.8, 4) is 0 Å². The number of hydrogen-bond donors (Lipinski definition) is 1. The van der Waals surface area contributed by atoms with E-state index < -0.39 is 5.97 Å². The Morgan fingerprint density at radius 1 is 1.36 bits per heavy atom. The molecule has 2 atom stereocenters. The van der Waals surface area contributed by atoms with Crippen LogP contribution in [0.3, 0.4) is 0 Å². The first-order valence-corrected chi connectivity index (χ1v) is 5.22. The van der Waals surface area contributed by atoms with Gasteiger partial charge >= 0.3 is 5.97 Å². The van der Waals surface area contributed by atoms with Gasteiger partial charge < -0.3 is 10.0 Å². The van der Waals surface area contributed by atoms with E-state index in [0.717, 1.165) is 32.2 Å². The third-order valence-corrected chi connectivity index (χ3v) is 3.32. The van der Waals surface area contributed by atoms with Crippen LogP contribution in [0.1, 0.15) is 32.1 Å². The number of fused-ring (bicyclic) bond motifs is 1. The summed E-state index contributed by atoms with van der Waals surface area (Å²) >= 11 is 0. The van der Waals surface area contributed by atoms with Gasteiger partial charge in [-0.25, -0.2) is 0 Å². The molecular formula is C10H15NO3. The Balaban J connectivity index is 2.18. The topological polar surface area (TPSA) is 57.6 Å². The third-order valence-electron chi connectivity index (χ3n) is 3.32. The van der Waals surface area contributed by atoms with Crippen LogP contribution in [-0.2, 0) is 9.59 Å². The minimum absolute atomic E-state index is 0.0255. The van der Waals surface area contributed by atoms with E-state index in [1.807, 2.05) is 0 Å². The van der Waals surface area contributed by atoms with Crippen molar-refractivity contribution in [3.63, 3.8) is 0 Å². The molecule has 4 nitrogen and oxygen atoms in total. The number of rotatable bonds is 1. The van der Waals surface area contributed by atoms with E-state index >= 15 is 0 Å². The Bertz CT molecular complexity index is 264. The first kappa shape index (κ1) is 9.49. The molecule has 0 aromatic rings. The Morgan fingerprint density at radius 2 is 2.14 bits per heavy atom. The van der Waals surface area contributed by atoms with Crippen molar-refractivity contribution in [1.82, 2.24) is 4.90 Å². The number of carbonyl (C=O) groups is 2. The molecule has 2 saturated heterocycles. The highest BCUT2D eigenvalue weighted by Gasteiger charge is 2.40. The Morgan fingerprint density at radius 3 is 2.86 bits per heavy atom. The van der Waals surface area contributed by atoms with Crippen LogP contribution in [0.4, 0.5) is 0 Å². The Hall–Kier alpha value is -1.06. The molecule has 0 spiro atoms. The molecule has 14 heavy (non-hydrogen) atoms. The van der Waals surface area contributed by atoms with E-state index in [1.54, 1.807) is 4.90 Å². The lowest BCUT2D eigenvalue weighted by molar-refractivity contribution is -0.144. The molecule has 2 heterocycles. The molecule has 1 amide bonds. The van der Waals surface area contributed by atoms with E-state index in [9.17, 15) is 9.59 Å². The molecule has 2 aliphatic heterocycles. The maximum Gasteiger partial charge on any atom is 0.308 e. The number of aliphatic carboxylic acids is 1. The van der Waals surface area contributed by atoms with E-state index in [2.05, 4.69) is 0 Å². The van der Waals surface area contributed by atoms with Gasteiger partial charge in [-0.3, -0.25) is 9.59 Å². The van der Waals surface area contributed by atoms with Crippen molar-refractivity contribution in [2.24, 2.45) is 5.92 Å². The number of hydrogen-bond acceptors (Lipinski definition) is 2. The molecule has 0 saturated carbocycles. The fraction of sp³-hybridized carbons (Fsp3) is 0.800. The molecule has 1 N–H and O–H groups in total. The Labute approximate surface area is 82.9 Å². The molecule has 0 aromatic heterocycles. The molecule has 2 fully saturated rings. The zero-order chi connectivity index (χ0) is 10.1. The lowest BCUT2D eigenvalue weighted by Gasteiger charge is -2.26. The predicted molar refractivity (Wildman–Crippen MR) is 49.7 cm³/mol. The van der Waals surface area contributed by atoms with Crippen LogP contribution in [0.2, 0.25) is 0 Å². The maximum absolute atomic E-state index is 11.5. The van der Waals surface area contributed by atoms with Crippen LogP contribution >= 0.6 is 0 Å². The monoisotopic (exact) mass is 197 g/mol. The van der Waals surface area contributed by atoms with Crippen molar-refractivity contribution in [1.29, 1.82) is 0 Å². The molecular weight excluding hydrogens is 182 g/mol. The summed E-state index contributed by atoms with van der Waals surface area (Å²) < 4.78 is 0. The predicted octanol–water partition coefficient (Wildman–Crippen LogP) is 0.862. The first-order chi connectivity index (χ1) is 6.70. The Kier molecular flexibility index (Phi) is 2.44. The largest absolute Gasteiger partial charge is 0.481 e.